The molecule has 0 spiro atoms. The molecule has 188 valence electrons. The van der Waals surface area contributed by atoms with Crippen molar-refractivity contribution in [2.75, 3.05) is 12.4 Å². The summed E-state index contributed by atoms with van der Waals surface area (Å²) in [5.74, 6) is 1.64. The van der Waals surface area contributed by atoms with Crippen LogP contribution in [-0.4, -0.2) is 26.6 Å². The summed E-state index contributed by atoms with van der Waals surface area (Å²) in [6, 6.07) is 18.9. The van der Waals surface area contributed by atoms with Crippen LogP contribution < -0.4 is 15.6 Å². The van der Waals surface area contributed by atoms with E-state index in [-0.39, 0.29) is 11.6 Å². The molecule has 5 rings (SSSR count). The van der Waals surface area contributed by atoms with E-state index in [1.165, 1.54) is 6.20 Å². The Bertz CT molecular complexity index is 1760. The molecule has 0 bridgehead atoms. The standard InChI is InChI=1S/C30H26N6O2/c1-18(34-29-25(31-4)17-33-20(3)35-29)26-14-21-10-9-13-24(22-15-27(38-5)19(2)32-16-22)28(21)30(37)36(26)23-11-7-6-8-12-23/h6-18H,1-3,5H3,(H,33,34,35)/t18-/m0/s1. The van der Waals surface area contributed by atoms with Crippen molar-refractivity contribution in [3.05, 3.63) is 112 Å². The lowest BCUT2D eigenvalue weighted by atomic mass is 9.98. The molecule has 0 unspecified atom stereocenters. The molecular weight excluding hydrogens is 476 g/mol. The van der Waals surface area contributed by atoms with Crippen LogP contribution in [0.4, 0.5) is 11.5 Å². The van der Waals surface area contributed by atoms with Crippen LogP contribution in [-0.2, 0) is 0 Å². The molecule has 8 nitrogen and oxygen atoms in total. The third-order valence-electron chi connectivity index (χ3n) is 6.47. The fraction of sp³-hybridized carbons (Fsp3) is 0.167. The summed E-state index contributed by atoms with van der Waals surface area (Å²) in [5, 5.41) is 4.72. The highest BCUT2D eigenvalue weighted by atomic mass is 16.5. The highest BCUT2D eigenvalue weighted by molar-refractivity contribution is 5.96. The molecule has 0 amide bonds. The van der Waals surface area contributed by atoms with Gasteiger partial charge in [-0.25, -0.2) is 9.83 Å². The lowest BCUT2D eigenvalue weighted by Crippen LogP contribution is -2.26. The van der Waals surface area contributed by atoms with Crippen molar-refractivity contribution in [2.24, 2.45) is 0 Å². The van der Waals surface area contributed by atoms with Crippen molar-refractivity contribution in [3.8, 4) is 22.6 Å². The fourth-order valence-corrected chi connectivity index (χ4v) is 4.58. The summed E-state index contributed by atoms with van der Waals surface area (Å²) in [4.78, 5) is 30.9. The molecule has 0 saturated heterocycles. The van der Waals surface area contributed by atoms with E-state index in [4.69, 9.17) is 11.3 Å². The number of benzene rings is 2. The first kappa shape index (κ1) is 24.7. The molecule has 5 aromatic rings. The zero-order valence-electron chi connectivity index (χ0n) is 21.6. The number of para-hydroxylation sites is 1. The molecule has 0 saturated carbocycles. The summed E-state index contributed by atoms with van der Waals surface area (Å²) < 4.78 is 7.21. The largest absolute Gasteiger partial charge is 0.495 e. The molecule has 8 heteroatoms. The number of hydrogen-bond acceptors (Lipinski definition) is 6. The lowest BCUT2D eigenvalue weighted by Gasteiger charge is -2.22. The Kier molecular flexibility index (Phi) is 6.58. The number of aromatic nitrogens is 4. The first-order chi connectivity index (χ1) is 18.4. The lowest BCUT2D eigenvalue weighted by molar-refractivity contribution is 0.409. The topological polar surface area (TPSA) is 86.3 Å². The molecule has 3 aromatic heterocycles. The number of rotatable bonds is 6. The van der Waals surface area contributed by atoms with Crippen molar-refractivity contribution in [2.45, 2.75) is 26.8 Å². The Balaban J connectivity index is 1.75. The Morgan fingerprint density at radius 2 is 1.82 bits per heavy atom. The van der Waals surface area contributed by atoms with Crippen LogP contribution in [0.2, 0.25) is 0 Å². The van der Waals surface area contributed by atoms with Gasteiger partial charge in [0, 0.05) is 29.3 Å². The zero-order chi connectivity index (χ0) is 26.8. The first-order valence-electron chi connectivity index (χ1n) is 12.1. The van der Waals surface area contributed by atoms with Gasteiger partial charge < -0.3 is 10.1 Å². The van der Waals surface area contributed by atoms with Crippen molar-refractivity contribution in [3.63, 3.8) is 0 Å². The smallest absolute Gasteiger partial charge is 0.263 e. The SMILES string of the molecule is [C-]#[N+]c1cnc(C)nc1N[C@@H](C)c1cc2cccc(-c3cnc(C)c(OC)c3)c2c(=O)n1-c1ccccc1. The normalized spacial score (nSPS) is 11.7. The van der Waals surface area contributed by atoms with Crippen LogP contribution in [0, 0.1) is 20.4 Å². The second-order valence-electron chi connectivity index (χ2n) is 8.96. The minimum atomic E-state index is -0.355. The van der Waals surface area contributed by atoms with Crippen LogP contribution in [0.25, 0.3) is 32.4 Å². The summed E-state index contributed by atoms with van der Waals surface area (Å²) >= 11 is 0. The highest BCUT2D eigenvalue weighted by Crippen LogP contribution is 2.33. The summed E-state index contributed by atoms with van der Waals surface area (Å²) in [7, 11) is 1.61. The maximum absolute atomic E-state index is 14.3. The third-order valence-corrected chi connectivity index (χ3v) is 6.47. The van der Waals surface area contributed by atoms with Crippen molar-refractivity contribution < 1.29 is 4.74 Å². The summed E-state index contributed by atoms with van der Waals surface area (Å²) in [6.07, 6.45) is 3.27. The Labute approximate surface area is 220 Å². The quantitative estimate of drug-likeness (QED) is 0.279. The van der Waals surface area contributed by atoms with E-state index in [2.05, 4.69) is 25.1 Å². The van der Waals surface area contributed by atoms with Gasteiger partial charge in [0.05, 0.1) is 30.8 Å². The van der Waals surface area contributed by atoms with Gasteiger partial charge >= 0.3 is 0 Å². The number of nitrogens with zero attached hydrogens (tertiary/aromatic N) is 5. The Morgan fingerprint density at radius 3 is 2.55 bits per heavy atom. The molecule has 38 heavy (non-hydrogen) atoms. The second kappa shape index (κ2) is 10.1. The number of ether oxygens (including phenoxy) is 1. The van der Waals surface area contributed by atoms with E-state index >= 15 is 0 Å². The van der Waals surface area contributed by atoms with Gasteiger partial charge in [0.2, 0.25) is 5.69 Å². The molecule has 1 atom stereocenters. The van der Waals surface area contributed by atoms with Gasteiger partial charge in [-0.1, -0.05) is 36.4 Å². The third kappa shape index (κ3) is 4.46. The number of anilines is 1. The summed E-state index contributed by atoms with van der Waals surface area (Å²) in [5.41, 5.74) is 3.99. The predicted molar refractivity (Wildman–Crippen MR) is 149 cm³/mol. The Hall–Kier alpha value is -5.03. The van der Waals surface area contributed by atoms with Crippen molar-refractivity contribution in [1.29, 1.82) is 0 Å². The van der Waals surface area contributed by atoms with E-state index < -0.39 is 0 Å². The van der Waals surface area contributed by atoms with Crippen LogP contribution >= 0.6 is 0 Å². The highest BCUT2D eigenvalue weighted by Gasteiger charge is 2.20. The molecular formula is C30H26N6O2. The van der Waals surface area contributed by atoms with Crippen LogP contribution in [0.3, 0.4) is 0 Å². The van der Waals surface area contributed by atoms with Gasteiger partial charge in [0.25, 0.3) is 5.56 Å². The van der Waals surface area contributed by atoms with Crippen LogP contribution in [0.1, 0.15) is 30.2 Å². The average molecular weight is 503 g/mol. The minimum absolute atomic E-state index is 0.156. The first-order valence-corrected chi connectivity index (χ1v) is 12.1. The maximum Gasteiger partial charge on any atom is 0.263 e. The van der Waals surface area contributed by atoms with Gasteiger partial charge in [0.1, 0.15) is 17.4 Å². The number of nitrogens with one attached hydrogen (secondary N) is 1. The molecule has 0 aliphatic heterocycles. The molecule has 0 fully saturated rings. The maximum atomic E-state index is 14.3. The van der Waals surface area contributed by atoms with Crippen LogP contribution in [0.5, 0.6) is 5.75 Å². The van der Waals surface area contributed by atoms with Gasteiger partial charge in [-0.15, -0.1) is 0 Å². The number of hydrogen-bond donors (Lipinski definition) is 1. The van der Waals surface area contributed by atoms with E-state index in [9.17, 15) is 4.79 Å². The van der Waals surface area contributed by atoms with E-state index in [0.29, 0.717) is 28.5 Å². The molecule has 1 N–H and O–H groups in total. The Morgan fingerprint density at radius 1 is 1.03 bits per heavy atom. The molecule has 0 aliphatic carbocycles. The van der Waals surface area contributed by atoms with Crippen LogP contribution in [0.15, 0.2) is 77.9 Å². The van der Waals surface area contributed by atoms with Gasteiger partial charge in [-0.3, -0.25) is 19.3 Å². The fourth-order valence-electron chi connectivity index (χ4n) is 4.58. The van der Waals surface area contributed by atoms with Gasteiger partial charge in [-0.05, 0) is 56.0 Å². The summed E-state index contributed by atoms with van der Waals surface area (Å²) in [6.45, 7) is 13.1. The average Bonchev–Trinajstić information content (AvgIpc) is 2.93. The number of aryl methyl sites for hydroxylation is 2. The van der Waals surface area contributed by atoms with Crippen molar-refractivity contribution in [1.82, 2.24) is 19.5 Å². The van der Waals surface area contributed by atoms with Gasteiger partial charge in [-0.2, -0.15) is 0 Å². The number of methoxy groups -OCH3 is 1. The van der Waals surface area contributed by atoms with Crippen molar-refractivity contribution >= 4 is 22.3 Å². The number of fused-ring (bicyclic) bond motifs is 1. The monoisotopic (exact) mass is 502 g/mol. The van der Waals surface area contributed by atoms with E-state index in [0.717, 1.165) is 33.6 Å². The number of pyridine rings is 2. The zero-order valence-corrected chi connectivity index (χ0v) is 21.6. The molecule has 0 aliphatic rings. The molecule has 3 heterocycles. The van der Waals surface area contributed by atoms with E-state index in [1.54, 1.807) is 24.8 Å². The molecule has 2 aromatic carbocycles. The molecule has 0 radical (unpaired) electrons. The van der Waals surface area contributed by atoms with E-state index in [1.807, 2.05) is 74.5 Å². The minimum Gasteiger partial charge on any atom is -0.495 e. The second-order valence-corrected chi connectivity index (χ2v) is 8.96. The van der Waals surface area contributed by atoms with Gasteiger partial charge in [0.15, 0.2) is 0 Å². The predicted octanol–water partition coefficient (Wildman–Crippen LogP) is 6.19.